The first-order valence-electron chi connectivity index (χ1n) is 6.64. The van der Waals surface area contributed by atoms with Crippen LogP contribution in [-0.2, 0) is 6.73 Å². The lowest BCUT2D eigenvalue weighted by molar-refractivity contribution is 0.223. The van der Waals surface area contributed by atoms with Crippen molar-refractivity contribution in [3.63, 3.8) is 0 Å². The molecular formula is C16H17N3O. The highest BCUT2D eigenvalue weighted by Gasteiger charge is 2.05. The standard InChI is InChI=1S/C16H17N3O/c1-11-8-14(9-12(2)13(11)3)20-10-19-16-7-5-4-6-15(16)17-18-19/h4-9H,10H2,1-3H3. The SMILES string of the molecule is Cc1cc(OCn2nnc3ccccc32)cc(C)c1C. The van der Waals surface area contributed by atoms with Gasteiger partial charge in [0.05, 0.1) is 5.52 Å². The van der Waals surface area contributed by atoms with Crippen LogP contribution in [0.5, 0.6) is 5.75 Å². The van der Waals surface area contributed by atoms with Crippen molar-refractivity contribution in [2.24, 2.45) is 0 Å². The fourth-order valence-corrected chi connectivity index (χ4v) is 2.23. The lowest BCUT2D eigenvalue weighted by Crippen LogP contribution is -2.07. The molecule has 0 saturated heterocycles. The topological polar surface area (TPSA) is 39.9 Å². The van der Waals surface area contributed by atoms with Crippen molar-refractivity contribution in [2.45, 2.75) is 27.5 Å². The van der Waals surface area contributed by atoms with Crippen LogP contribution in [0.4, 0.5) is 0 Å². The van der Waals surface area contributed by atoms with Gasteiger partial charge in [-0.05, 0) is 61.7 Å². The molecule has 1 heterocycles. The Balaban J connectivity index is 1.83. The summed E-state index contributed by atoms with van der Waals surface area (Å²) in [6.07, 6.45) is 0. The number of nitrogens with zero attached hydrogens (tertiary/aromatic N) is 3. The molecule has 0 amide bonds. The molecule has 4 heteroatoms. The van der Waals surface area contributed by atoms with E-state index < -0.39 is 0 Å². The molecule has 0 unspecified atom stereocenters. The molecule has 0 radical (unpaired) electrons. The van der Waals surface area contributed by atoms with Gasteiger partial charge in [0.15, 0.2) is 6.73 Å². The van der Waals surface area contributed by atoms with Gasteiger partial charge in [-0.2, -0.15) is 0 Å². The van der Waals surface area contributed by atoms with Gasteiger partial charge in [0.25, 0.3) is 0 Å². The Kier molecular flexibility index (Phi) is 3.14. The van der Waals surface area contributed by atoms with Crippen molar-refractivity contribution >= 4 is 11.0 Å². The molecule has 0 aliphatic heterocycles. The van der Waals surface area contributed by atoms with Crippen molar-refractivity contribution in [1.29, 1.82) is 0 Å². The largest absolute Gasteiger partial charge is 0.471 e. The number of fused-ring (bicyclic) bond motifs is 1. The van der Waals surface area contributed by atoms with Crippen LogP contribution in [0, 0.1) is 20.8 Å². The van der Waals surface area contributed by atoms with E-state index in [2.05, 4.69) is 43.2 Å². The minimum absolute atomic E-state index is 0.364. The first kappa shape index (κ1) is 12.7. The minimum Gasteiger partial charge on any atom is -0.471 e. The lowest BCUT2D eigenvalue weighted by Gasteiger charge is -2.11. The molecule has 0 bridgehead atoms. The number of hydrogen-bond acceptors (Lipinski definition) is 3. The van der Waals surface area contributed by atoms with Crippen molar-refractivity contribution in [3.8, 4) is 5.75 Å². The van der Waals surface area contributed by atoms with Gasteiger partial charge >= 0.3 is 0 Å². The van der Waals surface area contributed by atoms with Crippen molar-refractivity contribution in [1.82, 2.24) is 15.0 Å². The second-order valence-electron chi connectivity index (χ2n) is 5.03. The zero-order chi connectivity index (χ0) is 14.1. The molecule has 0 spiro atoms. The monoisotopic (exact) mass is 267 g/mol. The third kappa shape index (κ3) is 2.25. The molecular weight excluding hydrogens is 250 g/mol. The Labute approximate surface area is 118 Å². The Morgan fingerprint density at radius 2 is 1.75 bits per heavy atom. The maximum atomic E-state index is 5.84. The molecule has 0 fully saturated rings. The van der Waals surface area contributed by atoms with Gasteiger partial charge in [0.1, 0.15) is 11.3 Å². The summed E-state index contributed by atoms with van der Waals surface area (Å²) in [6, 6.07) is 12.0. The molecule has 4 nitrogen and oxygen atoms in total. The Hall–Kier alpha value is -2.36. The van der Waals surface area contributed by atoms with Gasteiger partial charge in [0, 0.05) is 0 Å². The van der Waals surface area contributed by atoms with E-state index in [9.17, 15) is 0 Å². The van der Waals surface area contributed by atoms with E-state index >= 15 is 0 Å². The van der Waals surface area contributed by atoms with E-state index in [0.717, 1.165) is 16.8 Å². The van der Waals surface area contributed by atoms with Gasteiger partial charge in [-0.15, -0.1) is 5.10 Å². The number of hydrogen-bond donors (Lipinski definition) is 0. The number of ether oxygens (including phenoxy) is 1. The summed E-state index contributed by atoms with van der Waals surface area (Å²) in [5.41, 5.74) is 5.65. The molecule has 0 aliphatic rings. The molecule has 0 aliphatic carbocycles. The maximum absolute atomic E-state index is 5.84. The normalized spacial score (nSPS) is 10.9. The van der Waals surface area contributed by atoms with Crippen molar-refractivity contribution in [2.75, 3.05) is 0 Å². The van der Waals surface area contributed by atoms with Gasteiger partial charge in [-0.3, -0.25) is 0 Å². The highest BCUT2D eigenvalue weighted by molar-refractivity contribution is 5.73. The van der Waals surface area contributed by atoms with Crippen LogP contribution < -0.4 is 4.74 Å². The average molecular weight is 267 g/mol. The summed E-state index contributed by atoms with van der Waals surface area (Å²) in [7, 11) is 0. The first-order chi connectivity index (χ1) is 9.65. The summed E-state index contributed by atoms with van der Waals surface area (Å²) in [5, 5.41) is 8.23. The van der Waals surface area contributed by atoms with Crippen molar-refractivity contribution < 1.29 is 4.74 Å². The third-order valence-electron chi connectivity index (χ3n) is 3.67. The first-order valence-corrected chi connectivity index (χ1v) is 6.64. The molecule has 0 saturated carbocycles. The summed E-state index contributed by atoms with van der Waals surface area (Å²) in [4.78, 5) is 0. The molecule has 20 heavy (non-hydrogen) atoms. The predicted molar refractivity (Wildman–Crippen MR) is 78.8 cm³/mol. The maximum Gasteiger partial charge on any atom is 0.183 e. The van der Waals surface area contributed by atoms with Crippen molar-refractivity contribution in [3.05, 3.63) is 53.1 Å². The van der Waals surface area contributed by atoms with E-state index in [-0.39, 0.29) is 0 Å². The number of para-hydroxylation sites is 1. The second kappa shape index (κ2) is 4.96. The number of aromatic nitrogens is 3. The smallest absolute Gasteiger partial charge is 0.183 e. The molecule has 0 N–H and O–H groups in total. The lowest BCUT2D eigenvalue weighted by atomic mass is 10.0. The number of benzene rings is 2. The Morgan fingerprint density at radius 1 is 1.05 bits per heavy atom. The van der Waals surface area contributed by atoms with Crippen LogP contribution in [0.3, 0.4) is 0 Å². The Morgan fingerprint density at radius 3 is 2.50 bits per heavy atom. The van der Waals surface area contributed by atoms with E-state index in [1.807, 2.05) is 24.3 Å². The van der Waals surface area contributed by atoms with Crippen LogP contribution in [0.1, 0.15) is 16.7 Å². The zero-order valence-electron chi connectivity index (χ0n) is 11.9. The fourth-order valence-electron chi connectivity index (χ4n) is 2.23. The van der Waals surface area contributed by atoms with Gasteiger partial charge in [-0.25, -0.2) is 4.68 Å². The minimum atomic E-state index is 0.364. The predicted octanol–water partition coefficient (Wildman–Crippen LogP) is 3.39. The van der Waals surface area contributed by atoms with Crippen LogP contribution >= 0.6 is 0 Å². The molecule has 102 valence electrons. The van der Waals surface area contributed by atoms with Crippen LogP contribution in [0.25, 0.3) is 11.0 Å². The van der Waals surface area contributed by atoms with E-state index in [1.54, 1.807) is 4.68 Å². The quantitative estimate of drug-likeness (QED) is 0.730. The highest BCUT2D eigenvalue weighted by Crippen LogP contribution is 2.21. The molecule has 3 aromatic rings. The molecule has 3 rings (SSSR count). The third-order valence-corrected chi connectivity index (χ3v) is 3.67. The van der Waals surface area contributed by atoms with E-state index in [0.29, 0.717) is 6.73 Å². The van der Waals surface area contributed by atoms with Crippen LogP contribution in [0.2, 0.25) is 0 Å². The summed E-state index contributed by atoms with van der Waals surface area (Å²) < 4.78 is 7.60. The molecule has 2 aromatic carbocycles. The summed E-state index contributed by atoms with van der Waals surface area (Å²) >= 11 is 0. The fraction of sp³-hybridized carbons (Fsp3) is 0.250. The van der Waals surface area contributed by atoms with E-state index in [4.69, 9.17) is 4.74 Å². The van der Waals surface area contributed by atoms with Gasteiger partial charge in [-0.1, -0.05) is 17.3 Å². The zero-order valence-corrected chi connectivity index (χ0v) is 11.9. The summed E-state index contributed by atoms with van der Waals surface area (Å²) in [5.74, 6) is 0.866. The number of rotatable bonds is 3. The highest BCUT2D eigenvalue weighted by atomic mass is 16.5. The van der Waals surface area contributed by atoms with Crippen LogP contribution in [0.15, 0.2) is 36.4 Å². The molecule has 1 aromatic heterocycles. The second-order valence-corrected chi connectivity index (χ2v) is 5.03. The van der Waals surface area contributed by atoms with Gasteiger partial charge in [0.2, 0.25) is 0 Å². The Bertz CT molecular complexity index is 738. The van der Waals surface area contributed by atoms with E-state index in [1.165, 1.54) is 16.7 Å². The van der Waals surface area contributed by atoms with Gasteiger partial charge < -0.3 is 4.74 Å². The average Bonchev–Trinajstić information content (AvgIpc) is 2.85. The molecule has 0 atom stereocenters. The van der Waals surface area contributed by atoms with Crippen LogP contribution in [-0.4, -0.2) is 15.0 Å². The number of aryl methyl sites for hydroxylation is 2. The summed E-state index contributed by atoms with van der Waals surface area (Å²) in [6.45, 7) is 6.68.